The highest BCUT2D eigenvalue weighted by Crippen LogP contribution is 2.08. The van der Waals surface area contributed by atoms with E-state index in [1.807, 2.05) is 6.92 Å². The van der Waals surface area contributed by atoms with Crippen LogP contribution >= 0.6 is 0 Å². The molecule has 0 aromatic heterocycles. The van der Waals surface area contributed by atoms with Gasteiger partial charge in [-0.3, -0.25) is 19.2 Å². The second-order valence-electron chi connectivity index (χ2n) is 6.48. The lowest BCUT2D eigenvalue weighted by Gasteiger charge is -2.25. The number of hydrogen-bond acceptors (Lipinski definition) is 5. The lowest BCUT2D eigenvalue weighted by Crippen LogP contribution is -2.57. The topological polar surface area (TPSA) is 151 Å². The number of amides is 3. The van der Waals surface area contributed by atoms with Gasteiger partial charge in [0.2, 0.25) is 17.7 Å². The van der Waals surface area contributed by atoms with E-state index in [1.54, 1.807) is 20.8 Å². The van der Waals surface area contributed by atoms with Gasteiger partial charge in [-0.05, 0) is 18.8 Å². The van der Waals surface area contributed by atoms with E-state index >= 15 is 0 Å². The molecule has 0 aliphatic rings. The third kappa shape index (κ3) is 7.97. The summed E-state index contributed by atoms with van der Waals surface area (Å²) < 4.78 is 0. The zero-order valence-electron chi connectivity index (χ0n) is 15.5. The van der Waals surface area contributed by atoms with Crippen LogP contribution in [-0.2, 0) is 19.2 Å². The van der Waals surface area contributed by atoms with Gasteiger partial charge in [0.05, 0.1) is 6.04 Å². The van der Waals surface area contributed by atoms with E-state index in [-0.39, 0.29) is 11.8 Å². The molecule has 0 rings (SSSR count). The van der Waals surface area contributed by atoms with Gasteiger partial charge >= 0.3 is 5.97 Å². The average Bonchev–Trinajstić information content (AvgIpc) is 2.55. The van der Waals surface area contributed by atoms with Gasteiger partial charge in [-0.1, -0.05) is 34.1 Å². The van der Waals surface area contributed by atoms with Gasteiger partial charge in [0.15, 0.2) is 0 Å². The fourth-order valence-corrected chi connectivity index (χ4v) is 1.93. The number of carboxylic acids is 1. The lowest BCUT2D eigenvalue weighted by atomic mass is 9.98. The maximum Gasteiger partial charge on any atom is 0.322 e. The molecule has 9 nitrogen and oxygen atoms in total. The monoisotopic (exact) mass is 358 g/mol. The Hall–Kier alpha value is -2.16. The second kappa shape index (κ2) is 10.7. The summed E-state index contributed by atoms with van der Waals surface area (Å²) in [5.41, 5.74) is 5.73. The number of rotatable bonds is 10. The van der Waals surface area contributed by atoms with Crippen molar-refractivity contribution in [3.63, 3.8) is 0 Å². The summed E-state index contributed by atoms with van der Waals surface area (Å²) in [7, 11) is 0. The van der Waals surface area contributed by atoms with E-state index in [0.29, 0.717) is 6.42 Å². The molecule has 0 fully saturated rings. The molecule has 0 aliphatic carbocycles. The van der Waals surface area contributed by atoms with E-state index in [4.69, 9.17) is 10.8 Å². The first-order valence-electron chi connectivity index (χ1n) is 8.37. The van der Waals surface area contributed by atoms with Crippen LogP contribution < -0.4 is 21.7 Å². The molecule has 4 atom stereocenters. The highest BCUT2D eigenvalue weighted by atomic mass is 16.4. The number of carboxylic acid groups (broad SMARTS) is 1. The van der Waals surface area contributed by atoms with Gasteiger partial charge in [0, 0.05) is 0 Å². The van der Waals surface area contributed by atoms with Crippen molar-refractivity contribution in [2.45, 2.75) is 59.2 Å². The molecule has 6 N–H and O–H groups in total. The Labute approximate surface area is 148 Å². The minimum Gasteiger partial charge on any atom is -0.480 e. The summed E-state index contributed by atoms with van der Waals surface area (Å²) >= 11 is 0. The van der Waals surface area contributed by atoms with Crippen molar-refractivity contribution in [2.75, 3.05) is 6.54 Å². The van der Waals surface area contributed by atoms with Crippen LogP contribution in [0.15, 0.2) is 0 Å². The molecule has 9 heteroatoms. The Morgan fingerprint density at radius 1 is 0.960 bits per heavy atom. The summed E-state index contributed by atoms with van der Waals surface area (Å²) in [6, 6.07) is -2.51. The quantitative estimate of drug-likeness (QED) is 0.345. The minimum absolute atomic E-state index is 0.0788. The minimum atomic E-state index is -1.18. The van der Waals surface area contributed by atoms with E-state index in [1.165, 1.54) is 6.92 Å². The molecule has 0 spiro atoms. The highest BCUT2D eigenvalue weighted by molar-refractivity contribution is 5.93. The average molecular weight is 358 g/mol. The normalized spacial score (nSPS) is 15.6. The Morgan fingerprint density at radius 2 is 1.52 bits per heavy atom. The molecule has 0 saturated heterocycles. The molecule has 0 aromatic rings. The van der Waals surface area contributed by atoms with Gasteiger partial charge in [-0.15, -0.1) is 0 Å². The van der Waals surface area contributed by atoms with Crippen LogP contribution in [0.5, 0.6) is 0 Å². The van der Waals surface area contributed by atoms with Crippen molar-refractivity contribution in [1.29, 1.82) is 0 Å². The molecule has 144 valence electrons. The SMILES string of the molecule is CCC(C)C(NC(=O)C(C)NC(=O)C(N)C(C)C)C(=O)NCC(=O)O. The van der Waals surface area contributed by atoms with Crippen molar-refractivity contribution in [1.82, 2.24) is 16.0 Å². The summed E-state index contributed by atoms with van der Waals surface area (Å²) in [4.78, 5) is 46.9. The molecular formula is C16H30N4O5. The molecule has 4 unspecified atom stereocenters. The number of nitrogens with two attached hydrogens (primary N) is 1. The van der Waals surface area contributed by atoms with Crippen molar-refractivity contribution in [3.05, 3.63) is 0 Å². The number of carbonyl (C=O) groups is 4. The maximum absolute atomic E-state index is 12.3. The van der Waals surface area contributed by atoms with Crippen LogP contribution in [0, 0.1) is 11.8 Å². The van der Waals surface area contributed by atoms with E-state index < -0.39 is 48.4 Å². The van der Waals surface area contributed by atoms with Crippen molar-refractivity contribution in [3.8, 4) is 0 Å². The van der Waals surface area contributed by atoms with Gasteiger partial charge in [0.25, 0.3) is 0 Å². The zero-order chi connectivity index (χ0) is 19.7. The van der Waals surface area contributed by atoms with Crippen LogP contribution in [0.1, 0.15) is 41.0 Å². The largest absolute Gasteiger partial charge is 0.480 e. The number of nitrogens with one attached hydrogen (secondary N) is 3. The number of hydrogen-bond donors (Lipinski definition) is 5. The molecule has 3 amide bonds. The third-order valence-corrected chi connectivity index (χ3v) is 3.98. The molecule has 0 saturated carbocycles. The summed E-state index contributed by atoms with van der Waals surface area (Å²) in [6.07, 6.45) is 0.602. The Kier molecular flexibility index (Phi) is 9.73. The fourth-order valence-electron chi connectivity index (χ4n) is 1.93. The standard InChI is InChI=1S/C16H30N4O5/c1-6-9(4)13(16(25)18-7-11(21)22)20-14(23)10(5)19-15(24)12(17)8(2)3/h8-10,12-13H,6-7,17H2,1-5H3,(H,18,25)(H,19,24)(H,20,23)(H,21,22). The van der Waals surface area contributed by atoms with Crippen molar-refractivity contribution >= 4 is 23.7 Å². The Morgan fingerprint density at radius 3 is 1.96 bits per heavy atom. The van der Waals surface area contributed by atoms with E-state index in [9.17, 15) is 19.2 Å². The lowest BCUT2D eigenvalue weighted by molar-refractivity contribution is -0.139. The van der Waals surface area contributed by atoms with Gasteiger partial charge in [-0.25, -0.2) is 0 Å². The van der Waals surface area contributed by atoms with Gasteiger partial charge in [0.1, 0.15) is 18.6 Å². The number of carbonyl (C=O) groups excluding carboxylic acids is 3. The van der Waals surface area contributed by atoms with Crippen LogP contribution in [0.4, 0.5) is 0 Å². The first-order chi connectivity index (χ1) is 11.5. The molecule has 0 aromatic carbocycles. The van der Waals surface area contributed by atoms with Crippen molar-refractivity contribution in [2.24, 2.45) is 17.6 Å². The first-order valence-corrected chi connectivity index (χ1v) is 8.37. The van der Waals surface area contributed by atoms with Crippen LogP contribution in [0.2, 0.25) is 0 Å². The fraction of sp³-hybridized carbons (Fsp3) is 0.750. The molecule has 0 aliphatic heterocycles. The second-order valence-corrected chi connectivity index (χ2v) is 6.48. The summed E-state index contributed by atoms with van der Waals surface area (Å²) in [5.74, 6) is -3.04. The number of aliphatic carboxylic acids is 1. The zero-order valence-corrected chi connectivity index (χ0v) is 15.5. The van der Waals surface area contributed by atoms with E-state index in [2.05, 4.69) is 16.0 Å². The highest BCUT2D eigenvalue weighted by Gasteiger charge is 2.29. The predicted octanol–water partition coefficient (Wildman–Crippen LogP) is -0.794. The van der Waals surface area contributed by atoms with Crippen LogP contribution in [-0.4, -0.2) is 53.5 Å². The molecular weight excluding hydrogens is 328 g/mol. The summed E-state index contributed by atoms with van der Waals surface area (Å²) in [6.45, 7) is 8.16. The summed E-state index contributed by atoms with van der Waals surface area (Å²) in [5, 5.41) is 16.0. The van der Waals surface area contributed by atoms with Crippen LogP contribution in [0.25, 0.3) is 0 Å². The van der Waals surface area contributed by atoms with Crippen LogP contribution in [0.3, 0.4) is 0 Å². The third-order valence-electron chi connectivity index (χ3n) is 3.98. The van der Waals surface area contributed by atoms with Gasteiger partial charge < -0.3 is 26.8 Å². The Balaban J connectivity index is 4.87. The Bertz CT molecular complexity index is 495. The van der Waals surface area contributed by atoms with Crippen molar-refractivity contribution < 1.29 is 24.3 Å². The van der Waals surface area contributed by atoms with Gasteiger partial charge in [-0.2, -0.15) is 0 Å². The van der Waals surface area contributed by atoms with E-state index in [0.717, 1.165) is 0 Å². The first kappa shape index (κ1) is 22.8. The molecule has 25 heavy (non-hydrogen) atoms. The molecule has 0 heterocycles. The molecule has 0 bridgehead atoms. The maximum atomic E-state index is 12.3. The smallest absolute Gasteiger partial charge is 0.322 e. The molecule has 0 radical (unpaired) electrons. The predicted molar refractivity (Wildman–Crippen MR) is 92.4 cm³/mol.